The van der Waals surface area contributed by atoms with Crippen LogP contribution in [0.5, 0.6) is 0 Å². The Hall–Kier alpha value is -1.08. The number of alkyl halides is 3. The second-order valence-corrected chi connectivity index (χ2v) is 5.79. The van der Waals surface area contributed by atoms with Crippen molar-refractivity contribution in [3.63, 3.8) is 0 Å². The van der Waals surface area contributed by atoms with Crippen LogP contribution in [0.2, 0.25) is 5.15 Å². The molecular weight excluding hydrogens is 305 g/mol. The van der Waals surface area contributed by atoms with Crippen LogP contribution >= 0.6 is 11.6 Å². The molecule has 0 aromatic carbocycles. The highest BCUT2D eigenvalue weighted by Crippen LogP contribution is 2.31. The molecule has 1 saturated heterocycles. The lowest BCUT2D eigenvalue weighted by molar-refractivity contribution is -0.146. The van der Waals surface area contributed by atoms with Gasteiger partial charge in [-0.2, -0.15) is 13.2 Å². The number of anilines is 1. The van der Waals surface area contributed by atoms with E-state index in [0.717, 1.165) is 11.4 Å². The number of halogens is 4. The summed E-state index contributed by atoms with van der Waals surface area (Å²) in [5.74, 6) is 0.888. The zero-order valence-electron chi connectivity index (χ0n) is 12.0. The summed E-state index contributed by atoms with van der Waals surface area (Å²) < 4.78 is 37.2. The first-order chi connectivity index (χ1) is 9.78. The van der Waals surface area contributed by atoms with E-state index in [1.807, 2.05) is 18.7 Å². The Balaban J connectivity index is 2.08. The third-order valence-corrected chi connectivity index (χ3v) is 3.77. The molecule has 0 spiro atoms. The Labute approximate surface area is 126 Å². The maximum Gasteiger partial charge on any atom is 0.401 e. The number of rotatable bonds is 3. The normalized spacial score (nSPS) is 17.6. The highest BCUT2D eigenvalue weighted by molar-refractivity contribution is 6.30. The van der Waals surface area contributed by atoms with Gasteiger partial charge in [0.05, 0.1) is 6.54 Å². The first kappa shape index (κ1) is 16.3. The highest BCUT2D eigenvalue weighted by atomic mass is 35.5. The fourth-order valence-corrected chi connectivity index (χ4v) is 2.83. The van der Waals surface area contributed by atoms with Crippen molar-refractivity contribution in [2.45, 2.75) is 25.9 Å². The molecule has 8 heteroatoms. The Bertz CT molecular complexity index is 485. The lowest BCUT2D eigenvalue weighted by Gasteiger charge is -2.36. The Morgan fingerprint density at radius 3 is 2.33 bits per heavy atom. The van der Waals surface area contributed by atoms with Crippen molar-refractivity contribution in [2.75, 3.05) is 37.6 Å². The predicted molar refractivity (Wildman–Crippen MR) is 75.8 cm³/mol. The second-order valence-electron chi connectivity index (χ2n) is 5.43. The fourth-order valence-electron chi connectivity index (χ4n) is 2.49. The van der Waals surface area contributed by atoms with Gasteiger partial charge in [-0.25, -0.2) is 9.97 Å². The quantitative estimate of drug-likeness (QED) is 0.801. The van der Waals surface area contributed by atoms with E-state index in [1.54, 1.807) is 0 Å². The molecule has 0 amide bonds. The van der Waals surface area contributed by atoms with Gasteiger partial charge in [0.25, 0.3) is 0 Å². The third-order valence-electron chi connectivity index (χ3n) is 3.47. The summed E-state index contributed by atoms with van der Waals surface area (Å²) >= 11 is 6.12. The lowest BCUT2D eigenvalue weighted by atomic mass is 10.1. The smallest absolute Gasteiger partial charge is 0.354 e. The maximum atomic E-state index is 12.4. The summed E-state index contributed by atoms with van der Waals surface area (Å²) in [6, 6.07) is 0. The molecule has 0 saturated carbocycles. The van der Waals surface area contributed by atoms with E-state index in [4.69, 9.17) is 11.6 Å². The number of hydrogen-bond donors (Lipinski definition) is 0. The molecule has 21 heavy (non-hydrogen) atoms. The third kappa shape index (κ3) is 4.20. The van der Waals surface area contributed by atoms with Crippen LogP contribution in [0.1, 0.15) is 25.3 Å². The summed E-state index contributed by atoms with van der Waals surface area (Å²) in [5.41, 5.74) is 0.850. The number of piperazine rings is 1. The summed E-state index contributed by atoms with van der Waals surface area (Å²) in [7, 11) is 0. The zero-order chi connectivity index (χ0) is 15.6. The summed E-state index contributed by atoms with van der Waals surface area (Å²) in [6.07, 6.45) is -2.75. The molecule has 118 valence electrons. The molecule has 4 nitrogen and oxygen atoms in total. The van der Waals surface area contributed by atoms with Gasteiger partial charge in [-0.05, 0) is 5.92 Å². The van der Waals surface area contributed by atoms with Crippen LogP contribution in [0, 0.1) is 0 Å². The van der Waals surface area contributed by atoms with Gasteiger partial charge >= 0.3 is 6.18 Å². The van der Waals surface area contributed by atoms with E-state index >= 15 is 0 Å². The van der Waals surface area contributed by atoms with Gasteiger partial charge in [0.2, 0.25) is 0 Å². The van der Waals surface area contributed by atoms with Gasteiger partial charge < -0.3 is 4.90 Å². The number of nitrogens with zero attached hydrogens (tertiary/aromatic N) is 4. The predicted octanol–water partition coefficient (Wildman–Crippen LogP) is 2.94. The van der Waals surface area contributed by atoms with E-state index in [0.29, 0.717) is 31.3 Å². The molecule has 1 aliphatic heterocycles. The molecule has 0 atom stereocenters. The summed E-state index contributed by atoms with van der Waals surface area (Å²) in [6.45, 7) is 4.86. The highest BCUT2D eigenvalue weighted by Gasteiger charge is 2.32. The molecule has 0 unspecified atom stereocenters. The van der Waals surface area contributed by atoms with Gasteiger partial charge in [0, 0.05) is 31.7 Å². The molecule has 1 aliphatic rings. The van der Waals surface area contributed by atoms with Crippen LogP contribution < -0.4 is 4.90 Å². The van der Waals surface area contributed by atoms with Crippen LogP contribution in [0.3, 0.4) is 0 Å². The second kappa shape index (κ2) is 6.36. The van der Waals surface area contributed by atoms with Gasteiger partial charge in [0.1, 0.15) is 17.3 Å². The monoisotopic (exact) mass is 322 g/mol. The van der Waals surface area contributed by atoms with Gasteiger partial charge in [0.15, 0.2) is 0 Å². The molecular formula is C13H18ClF3N4. The number of hydrogen-bond acceptors (Lipinski definition) is 4. The van der Waals surface area contributed by atoms with E-state index < -0.39 is 12.7 Å². The Morgan fingerprint density at radius 2 is 1.81 bits per heavy atom. The van der Waals surface area contributed by atoms with E-state index in [1.165, 1.54) is 11.2 Å². The minimum Gasteiger partial charge on any atom is -0.354 e. The molecule has 1 fully saturated rings. The van der Waals surface area contributed by atoms with Crippen LogP contribution in [0.25, 0.3) is 0 Å². The van der Waals surface area contributed by atoms with E-state index in [2.05, 4.69) is 9.97 Å². The van der Waals surface area contributed by atoms with Crippen molar-refractivity contribution in [3.8, 4) is 0 Å². The first-order valence-corrected chi connectivity index (χ1v) is 7.20. The topological polar surface area (TPSA) is 32.3 Å². The number of aromatic nitrogens is 2. The van der Waals surface area contributed by atoms with Gasteiger partial charge in [-0.1, -0.05) is 25.4 Å². The minimum atomic E-state index is -4.15. The average Bonchev–Trinajstić information content (AvgIpc) is 2.37. The van der Waals surface area contributed by atoms with Crippen molar-refractivity contribution in [2.24, 2.45) is 0 Å². The molecule has 0 bridgehead atoms. The molecule has 2 rings (SSSR count). The van der Waals surface area contributed by atoms with Gasteiger partial charge in [-0.3, -0.25) is 4.90 Å². The van der Waals surface area contributed by atoms with Crippen LogP contribution in [0.4, 0.5) is 19.0 Å². The van der Waals surface area contributed by atoms with Crippen LogP contribution in [-0.2, 0) is 0 Å². The van der Waals surface area contributed by atoms with Crippen molar-refractivity contribution in [3.05, 3.63) is 17.0 Å². The van der Waals surface area contributed by atoms with Crippen LogP contribution in [-0.4, -0.2) is 53.8 Å². The summed E-state index contributed by atoms with van der Waals surface area (Å²) in [5, 5.41) is 0.410. The van der Waals surface area contributed by atoms with Crippen molar-refractivity contribution in [1.82, 2.24) is 14.9 Å². The van der Waals surface area contributed by atoms with Crippen LogP contribution in [0.15, 0.2) is 6.33 Å². The summed E-state index contributed by atoms with van der Waals surface area (Å²) in [4.78, 5) is 11.7. The molecule has 0 aliphatic carbocycles. The molecule has 1 aromatic rings. The van der Waals surface area contributed by atoms with E-state index in [-0.39, 0.29) is 5.92 Å². The molecule has 2 heterocycles. The molecule has 0 N–H and O–H groups in total. The maximum absolute atomic E-state index is 12.4. The van der Waals surface area contributed by atoms with E-state index in [9.17, 15) is 13.2 Å². The lowest BCUT2D eigenvalue weighted by Crippen LogP contribution is -2.49. The minimum absolute atomic E-state index is 0.155. The fraction of sp³-hybridized carbons (Fsp3) is 0.692. The average molecular weight is 323 g/mol. The molecule has 1 aromatic heterocycles. The largest absolute Gasteiger partial charge is 0.401 e. The standard InChI is InChI=1S/C13H18ClF3N4/c1-9(2)10-11(14)18-8-19-12(10)21-5-3-20(4-6-21)7-13(15,16)17/h8-9H,3-7H2,1-2H3. The first-order valence-electron chi connectivity index (χ1n) is 6.82. The van der Waals surface area contributed by atoms with Gasteiger partial charge in [-0.15, -0.1) is 0 Å². The molecule has 0 radical (unpaired) electrons. The van der Waals surface area contributed by atoms with Crippen molar-refractivity contribution < 1.29 is 13.2 Å². The van der Waals surface area contributed by atoms with Crippen molar-refractivity contribution >= 4 is 17.4 Å². The zero-order valence-corrected chi connectivity index (χ0v) is 12.7. The Morgan fingerprint density at radius 1 is 1.19 bits per heavy atom. The van der Waals surface area contributed by atoms with Crippen molar-refractivity contribution in [1.29, 1.82) is 0 Å². The Kier molecular flexibility index (Phi) is 4.93. The SMILES string of the molecule is CC(C)c1c(Cl)ncnc1N1CCN(CC(F)(F)F)CC1.